The minimum Gasteiger partial charge on any atom is -0.480 e. The van der Waals surface area contributed by atoms with Crippen molar-refractivity contribution < 1.29 is 19.5 Å². The number of aliphatic carboxylic acids is 1. The molecule has 3 atom stereocenters. The van der Waals surface area contributed by atoms with Gasteiger partial charge >= 0.3 is 5.97 Å². The predicted molar refractivity (Wildman–Crippen MR) is 65.4 cm³/mol. The van der Waals surface area contributed by atoms with E-state index in [0.29, 0.717) is 6.42 Å². The maximum Gasteiger partial charge on any atom is 0.326 e. The molecule has 2 amide bonds. The molecule has 0 aliphatic carbocycles. The van der Waals surface area contributed by atoms with Crippen molar-refractivity contribution in [2.75, 3.05) is 0 Å². The van der Waals surface area contributed by atoms with Crippen LogP contribution in [0.25, 0.3) is 0 Å². The van der Waals surface area contributed by atoms with E-state index < -0.39 is 29.9 Å². The second-order valence-corrected chi connectivity index (χ2v) is 4.32. The lowest BCUT2D eigenvalue weighted by atomic mass is 9.99. The number of amides is 2. The molecule has 0 spiro atoms. The number of carbonyl (C=O) groups excluding carboxylic acids is 2. The fraction of sp³-hybridized carbons (Fsp3) is 0.727. The van der Waals surface area contributed by atoms with E-state index in [1.165, 1.54) is 0 Å². The van der Waals surface area contributed by atoms with Gasteiger partial charge in [0.05, 0.1) is 6.04 Å². The van der Waals surface area contributed by atoms with Crippen LogP contribution in [0.5, 0.6) is 0 Å². The maximum atomic E-state index is 11.7. The van der Waals surface area contributed by atoms with Crippen LogP contribution in [-0.4, -0.2) is 35.0 Å². The number of carboxylic acid groups (broad SMARTS) is 1. The quantitative estimate of drug-likeness (QED) is 0.452. The van der Waals surface area contributed by atoms with Crippen LogP contribution in [0.1, 0.15) is 33.1 Å². The molecule has 0 aromatic rings. The van der Waals surface area contributed by atoms with Crippen LogP contribution < -0.4 is 16.8 Å². The van der Waals surface area contributed by atoms with E-state index in [4.69, 9.17) is 16.6 Å². The van der Waals surface area contributed by atoms with Gasteiger partial charge < -0.3 is 21.9 Å². The minimum atomic E-state index is -1.21. The zero-order valence-corrected chi connectivity index (χ0v) is 10.7. The van der Waals surface area contributed by atoms with Gasteiger partial charge in [0, 0.05) is 6.42 Å². The number of hydrogen-bond donors (Lipinski definition) is 4. The maximum absolute atomic E-state index is 11.7. The first-order chi connectivity index (χ1) is 8.29. The molecule has 0 saturated carbocycles. The molecule has 7 nitrogen and oxygen atoms in total. The lowest BCUT2D eigenvalue weighted by Crippen LogP contribution is -2.50. The third kappa shape index (κ3) is 5.62. The molecular formula is C11H21N3O4. The molecule has 0 saturated heterocycles. The van der Waals surface area contributed by atoms with Gasteiger partial charge in [0.2, 0.25) is 11.8 Å². The van der Waals surface area contributed by atoms with E-state index in [1.807, 2.05) is 13.8 Å². The average Bonchev–Trinajstić information content (AvgIpc) is 2.31. The van der Waals surface area contributed by atoms with Gasteiger partial charge in [-0.1, -0.05) is 20.3 Å². The predicted octanol–water partition coefficient (Wildman–Crippen LogP) is -0.805. The van der Waals surface area contributed by atoms with Gasteiger partial charge in [-0.3, -0.25) is 9.59 Å². The smallest absolute Gasteiger partial charge is 0.326 e. The van der Waals surface area contributed by atoms with Gasteiger partial charge in [0.1, 0.15) is 6.04 Å². The third-order valence-corrected chi connectivity index (χ3v) is 2.85. The normalized spacial score (nSPS) is 15.5. The highest BCUT2D eigenvalue weighted by atomic mass is 16.4. The molecule has 0 aliphatic rings. The Balaban J connectivity index is 4.45. The van der Waals surface area contributed by atoms with Crippen LogP contribution >= 0.6 is 0 Å². The van der Waals surface area contributed by atoms with E-state index >= 15 is 0 Å². The van der Waals surface area contributed by atoms with E-state index in [9.17, 15) is 14.4 Å². The van der Waals surface area contributed by atoms with Crippen molar-refractivity contribution >= 4 is 17.8 Å². The Morgan fingerprint density at radius 3 is 2.28 bits per heavy atom. The van der Waals surface area contributed by atoms with Crippen LogP contribution in [-0.2, 0) is 14.4 Å². The number of primary amides is 1. The Hall–Kier alpha value is -1.63. The monoisotopic (exact) mass is 259 g/mol. The van der Waals surface area contributed by atoms with Crippen molar-refractivity contribution in [2.24, 2.45) is 17.4 Å². The Labute approximate surface area is 106 Å². The van der Waals surface area contributed by atoms with E-state index in [1.54, 1.807) is 0 Å². The molecule has 6 N–H and O–H groups in total. The standard InChI is InChI=1S/C11H21N3O4/c1-3-6(2)9(13)10(16)14-7(11(17)18)4-5-8(12)15/h6-7,9H,3-5,13H2,1-2H3,(H2,12,15)(H,14,16)(H,17,18)/t6?,7-,9-/m0/s1. The van der Waals surface area contributed by atoms with Gasteiger partial charge in [-0.25, -0.2) is 4.79 Å². The van der Waals surface area contributed by atoms with Crippen LogP contribution in [0, 0.1) is 5.92 Å². The highest BCUT2D eigenvalue weighted by Crippen LogP contribution is 2.06. The fourth-order valence-corrected chi connectivity index (χ4v) is 1.32. The van der Waals surface area contributed by atoms with Crippen LogP contribution in [0.15, 0.2) is 0 Å². The molecular weight excluding hydrogens is 238 g/mol. The van der Waals surface area contributed by atoms with E-state index in [2.05, 4.69) is 5.32 Å². The van der Waals surface area contributed by atoms with Crippen LogP contribution in [0.4, 0.5) is 0 Å². The number of nitrogens with one attached hydrogen (secondary N) is 1. The molecule has 0 aromatic heterocycles. The second kappa shape index (κ2) is 7.65. The average molecular weight is 259 g/mol. The molecule has 0 rings (SSSR count). The largest absolute Gasteiger partial charge is 0.480 e. The Morgan fingerprint density at radius 1 is 1.33 bits per heavy atom. The highest BCUT2D eigenvalue weighted by molar-refractivity contribution is 5.87. The summed E-state index contributed by atoms with van der Waals surface area (Å²) in [6.45, 7) is 3.70. The van der Waals surface area contributed by atoms with Gasteiger partial charge in [-0.05, 0) is 12.3 Å². The summed E-state index contributed by atoms with van der Waals surface area (Å²) in [7, 11) is 0. The molecule has 0 bridgehead atoms. The molecule has 7 heteroatoms. The number of hydrogen-bond acceptors (Lipinski definition) is 4. The summed E-state index contributed by atoms with van der Waals surface area (Å²) in [6.07, 6.45) is 0.576. The molecule has 0 aromatic carbocycles. The summed E-state index contributed by atoms with van der Waals surface area (Å²) in [4.78, 5) is 33.2. The summed E-state index contributed by atoms with van der Waals surface area (Å²) in [5, 5.41) is 11.2. The van der Waals surface area contributed by atoms with Crippen molar-refractivity contribution in [1.29, 1.82) is 0 Å². The topological polar surface area (TPSA) is 136 Å². The van der Waals surface area contributed by atoms with E-state index in [0.717, 1.165) is 0 Å². The lowest BCUT2D eigenvalue weighted by molar-refractivity contribution is -0.142. The number of nitrogens with two attached hydrogens (primary N) is 2. The first-order valence-corrected chi connectivity index (χ1v) is 5.86. The highest BCUT2D eigenvalue weighted by Gasteiger charge is 2.25. The second-order valence-electron chi connectivity index (χ2n) is 4.32. The van der Waals surface area contributed by atoms with Crippen molar-refractivity contribution in [3.05, 3.63) is 0 Å². The Bertz CT molecular complexity index is 319. The lowest BCUT2D eigenvalue weighted by Gasteiger charge is -2.20. The Kier molecular flexibility index (Phi) is 6.96. The number of carboxylic acids is 1. The molecule has 18 heavy (non-hydrogen) atoms. The minimum absolute atomic E-state index is 0.0381. The molecule has 0 heterocycles. The fourth-order valence-electron chi connectivity index (χ4n) is 1.32. The Morgan fingerprint density at radius 2 is 1.89 bits per heavy atom. The van der Waals surface area contributed by atoms with Gasteiger partial charge in [0.15, 0.2) is 0 Å². The molecule has 0 aliphatic heterocycles. The van der Waals surface area contributed by atoms with Crippen LogP contribution in [0.2, 0.25) is 0 Å². The van der Waals surface area contributed by atoms with Gasteiger partial charge in [-0.15, -0.1) is 0 Å². The zero-order chi connectivity index (χ0) is 14.3. The first kappa shape index (κ1) is 16.4. The van der Waals surface area contributed by atoms with Gasteiger partial charge in [-0.2, -0.15) is 0 Å². The molecule has 104 valence electrons. The van der Waals surface area contributed by atoms with Crippen molar-refractivity contribution in [3.63, 3.8) is 0 Å². The zero-order valence-electron chi connectivity index (χ0n) is 10.7. The van der Waals surface area contributed by atoms with Crippen molar-refractivity contribution in [2.45, 2.75) is 45.2 Å². The summed E-state index contributed by atoms with van der Waals surface area (Å²) in [5.74, 6) is -2.39. The van der Waals surface area contributed by atoms with Gasteiger partial charge in [0.25, 0.3) is 0 Å². The number of rotatable bonds is 8. The third-order valence-electron chi connectivity index (χ3n) is 2.85. The van der Waals surface area contributed by atoms with E-state index in [-0.39, 0.29) is 18.8 Å². The van der Waals surface area contributed by atoms with Crippen molar-refractivity contribution in [1.82, 2.24) is 5.32 Å². The van der Waals surface area contributed by atoms with Crippen molar-refractivity contribution in [3.8, 4) is 0 Å². The summed E-state index contributed by atoms with van der Waals surface area (Å²) >= 11 is 0. The SMILES string of the molecule is CCC(C)[C@H](N)C(=O)N[C@@H](CCC(N)=O)C(=O)O. The first-order valence-electron chi connectivity index (χ1n) is 5.86. The number of carbonyl (C=O) groups is 3. The summed E-state index contributed by atoms with van der Waals surface area (Å²) < 4.78 is 0. The summed E-state index contributed by atoms with van der Waals surface area (Å²) in [6, 6.07) is -1.90. The summed E-state index contributed by atoms with van der Waals surface area (Å²) in [5.41, 5.74) is 10.6. The molecule has 0 fully saturated rings. The molecule has 1 unspecified atom stereocenters. The van der Waals surface area contributed by atoms with Crippen LogP contribution in [0.3, 0.4) is 0 Å². The molecule has 0 radical (unpaired) electrons.